The molecule has 1 aromatic heterocycles. The minimum absolute atomic E-state index is 0.169. The highest BCUT2D eigenvalue weighted by Gasteiger charge is 2.13. The van der Waals surface area contributed by atoms with Gasteiger partial charge in [0, 0.05) is 18.5 Å². The molecule has 1 N–H and O–H groups in total. The zero-order valence-electron chi connectivity index (χ0n) is 13.9. The molecule has 4 heteroatoms. The Balaban J connectivity index is 2.11. The van der Waals surface area contributed by atoms with Crippen LogP contribution in [0.5, 0.6) is 0 Å². The molecule has 0 fully saturated rings. The highest BCUT2D eigenvalue weighted by molar-refractivity contribution is 5.78. The quantitative estimate of drug-likeness (QED) is 0.780. The largest absolute Gasteiger partial charge is 0.323 e. The number of aromatic nitrogens is 2. The molecule has 0 spiro atoms. The van der Waals surface area contributed by atoms with E-state index < -0.39 is 0 Å². The topological polar surface area (TPSA) is 29.9 Å². The molecule has 0 unspecified atom stereocenters. The maximum absolute atomic E-state index is 14.1. The molecule has 0 aliphatic heterocycles. The molecule has 0 aliphatic rings. The lowest BCUT2D eigenvalue weighted by molar-refractivity contribution is 0.595. The molecule has 0 radical (unpaired) electrons. The van der Waals surface area contributed by atoms with Gasteiger partial charge in [-0.2, -0.15) is 0 Å². The molecular weight excluding hydrogens is 289 g/mol. The average molecular weight is 311 g/mol. The second-order valence-electron chi connectivity index (χ2n) is 5.98. The van der Waals surface area contributed by atoms with E-state index in [1.165, 1.54) is 17.2 Å². The first kappa shape index (κ1) is 15.7. The molecule has 2 aromatic carbocycles. The summed E-state index contributed by atoms with van der Waals surface area (Å²) in [6.07, 6.45) is 0.817. The molecule has 3 rings (SSSR count). The predicted octanol–water partition coefficient (Wildman–Crippen LogP) is 3.60. The van der Waals surface area contributed by atoms with Crippen molar-refractivity contribution in [2.75, 3.05) is 13.6 Å². The fraction of sp³-hybridized carbons (Fsp3) is 0.316. The number of benzene rings is 2. The van der Waals surface area contributed by atoms with Crippen molar-refractivity contribution in [3.63, 3.8) is 0 Å². The Morgan fingerprint density at radius 3 is 2.61 bits per heavy atom. The average Bonchev–Trinajstić information content (AvgIpc) is 2.85. The smallest absolute Gasteiger partial charge is 0.128 e. The molecule has 0 saturated heterocycles. The number of nitrogens with zero attached hydrogens (tertiary/aromatic N) is 2. The van der Waals surface area contributed by atoms with Gasteiger partial charge >= 0.3 is 0 Å². The van der Waals surface area contributed by atoms with Gasteiger partial charge in [-0.1, -0.05) is 18.2 Å². The van der Waals surface area contributed by atoms with Crippen LogP contribution in [-0.4, -0.2) is 23.1 Å². The second kappa shape index (κ2) is 6.50. The van der Waals surface area contributed by atoms with Crippen LogP contribution in [0.1, 0.15) is 22.5 Å². The standard InChI is InChI=1S/C19H22FN3/c1-13-10-17-18(11-14(13)2)23(19(22-17)8-9-21-3)12-15-6-4-5-7-16(15)20/h4-7,10-11,21H,8-9,12H2,1-3H3. The number of halogens is 1. The van der Waals surface area contributed by atoms with E-state index in [4.69, 9.17) is 4.98 Å². The third kappa shape index (κ3) is 3.13. The van der Waals surface area contributed by atoms with Gasteiger partial charge in [0.1, 0.15) is 11.6 Å². The lowest BCUT2D eigenvalue weighted by atomic mass is 10.1. The Hall–Kier alpha value is -2.20. The van der Waals surface area contributed by atoms with Crippen LogP contribution in [0.4, 0.5) is 4.39 Å². The zero-order valence-corrected chi connectivity index (χ0v) is 13.9. The van der Waals surface area contributed by atoms with E-state index >= 15 is 0 Å². The first-order chi connectivity index (χ1) is 11.1. The van der Waals surface area contributed by atoms with Gasteiger partial charge in [-0.25, -0.2) is 9.37 Å². The summed E-state index contributed by atoms with van der Waals surface area (Å²) in [5.74, 6) is 0.820. The normalized spacial score (nSPS) is 11.3. The predicted molar refractivity (Wildman–Crippen MR) is 92.3 cm³/mol. The Bertz CT molecular complexity index is 836. The number of imidazole rings is 1. The minimum atomic E-state index is -0.169. The zero-order chi connectivity index (χ0) is 16.4. The number of hydrogen-bond acceptors (Lipinski definition) is 2. The summed E-state index contributed by atoms with van der Waals surface area (Å²) in [5.41, 5.74) is 5.20. The maximum atomic E-state index is 14.1. The fourth-order valence-corrected chi connectivity index (χ4v) is 2.83. The lowest BCUT2D eigenvalue weighted by Gasteiger charge is -2.11. The van der Waals surface area contributed by atoms with E-state index in [-0.39, 0.29) is 5.82 Å². The maximum Gasteiger partial charge on any atom is 0.128 e. The van der Waals surface area contributed by atoms with Crippen LogP contribution in [0.15, 0.2) is 36.4 Å². The van der Waals surface area contributed by atoms with Crippen molar-refractivity contribution >= 4 is 11.0 Å². The number of rotatable bonds is 5. The summed E-state index contributed by atoms with van der Waals surface area (Å²) in [5, 5.41) is 3.16. The second-order valence-corrected chi connectivity index (χ2v) is 5.98. The van der Waals surface area contributed by atoms with Crippen LogP contribution in [0.3, 0.4) is 0 Å². The Morgan fingerprint density at radius 2 is 1.87 bits per heavy atom. The van der Waals surface area contributed by atoms with Crippen molar-refractivity contribution in [2.45, 2.75) is 26.8 Å². The van der Waals surface area contributed by atoms with E-state index in [1.807, 2.05) is 19.2 Å². The lowest BCUT2D eigenvalue weighted by Crippen LogP contribution is -2.15. The van der Waals surface area contributed by atoms with E-state index in [9.17, 15) is 4.39 Å². The van der Waals surface area contributed by atoms with Crippen molar-refractivity contribution < 1.29 is 4.39 Å². The van der Waals surface area contributed by atoms with Gasteiger partial charge in [0.25, 0.3) is 0 Å². The van der Waals surface area contributed by atoms with Gasteiger partial charge in [0.2, 0.25) is 0 Å². The molecule has 0 aliphatic carbocycles. The van der Waals surface area contributed by atoms with Crippen LogP contribution in [-0.2, 0) is 13.0 Å². The molecule has 0 saturated carbocycles. The van der Waals surface area contributed by atoms with E-state index in [0.29, 0.717) is 12.1 Å². The van der Waals surface area contributed by atoms with Crippen LogP contribution in [0.25, 0.3) is 11.0 Å². The highest BCUT2D eigenvalue weighted by atomic mass is 19.1. The number of likely N-dealkylation sites (N-methyl/N-ethyl adjacent to an activating group) is 1. The molecular formula is C19H22FN3. The molecule has 23 heavy (non-hydrogen) atoms. The molecule has 3 aromatic rings. The van der Waals surface area contributed by atoms with Gasteiger partial charge in [-0.15, -0.1) is 0 Å². The van der Waals surface area contributed by atoms with Crippen LogP contribution in [0, 0.1) is 19.7 Å². The first-order valence-corrected chi connectivity index (χ1v) is 7.94. The fourth-order valence-electron chi connectivity index (χ4n) is 2.83. The van der Waals surface area contributed by atoms with E-state index in [0.717, 1.165) is 29.8 Å². The monoisotopic (exact) mass is 311 g/mol. The summed E-state index contributed by atoms with van der Waals surface area (Å²) >= 11 is 0. The van der Waals surface area contributed by atoms with Crippen LogP contribution in [0.2, 0.25) is 0 Å². The Labute approximate surface area is 136 Å². The molecule has 0 amide bonds. The molecule has 0 bridgehead atoms. The summed E-state index contributed by atoms with van der Waals surface area (Å²) < 4.78 is 16.2. The van der Waals surface area contributed by atoms with Gasteiger partial charge < -0.3 is 9.88 Å². The van der Waals surface area contributed by atoms with Gasteiger partial charge in [0.05, 0.1) is 17.6 Å². The Morgan fingerprint density at radius 1 is 1.13 bits per heavy atom. The van der Waals surface area contributed by atoms with Gasteiger partial charge in [-0.3, -0.25) is 0 Å². The van der Waals surface area contributed by atoms with E-state index in [1.54, 1.807) is 6.07 Å². The van der Waals surface area contributed by atoms with Crippen molar-refractivity contribution in [1.29, 1.82) is 0 Å². The van der Waals surface area contributed by atoms with E-state index in [2.05, 4.69) is 35.9 Å². The number of nitrogens with one attached hydrogen (secondary N) is 1. The van der Waals surface area contributed by atoms with Crippen molar-refractivity contribution in [3.8, 4) is 0 Å². The van der Waals surface area contributed by atoms with Crippen molar-refractivity contribution in [2.24, 2.45) is 0 Å². The number of aryl methyl sites for hydroxylation is 2. The highest BCUT2D eigenvalue weighted by Crippen LogP contribution is 2.23. The Kier molecular flexibility index (Phi) is 4.44. The molecule has 3 nitrogen and oxygen atoms in total. The van der Waals surface area contributed by atoms with Crippen LogP contribution < -0.4 is 5.32 Å². The minimum Gasteiger partial charge on any atom is -0.323 e. The third-order valence-corrected chi connectivity index (χ3v) is 4.33. The van der Waals surface area contributed by atoms with Crippen molar-refractivity contribution in [3.05, 3.63) is 64.7 Å². The van der Waals surface area contributed by atoms with Crippen molar-refractivity contribution in [1.82, 2.24) is 14.9 Å². The molecule has 0 atom stereocenters. The van der Waals surface area contributed by atoms with Gasteiger partial charge in [-0.05, 0) is 50.2 Å². The summed E-state index contributed by atoms with van der Waals surface area (Å²) in [6.45, 7) is 5.55. The van der Waals surface area contributed by atoms with Crippen LogP contribution >= 0.6 is 0 Å². The summed E-state index contributed by atoms with van der Waals surface area (Å²) in [4.78, 5) is 4.78. The van der Waals surface area contributed by atoms with Gasteiger partial charge in [0.15, 0.2) is 0 Å². The molecule has 120 valence electrons. The number of hydrogen-bond donors (Lipinski definition) is 1. The SMILES string of the molecule is CNCCc1nc2cc(C)c(C)cc2n1Cc1ccccc1F. The molecule has 1 heterocycles. The number of fused-ring (bicyclic) bond motifs is 1. The summed E-state index contributed by atoms with van der Waals surface area (Å²) in [7, 11) is 1.93. The summed E-state index contributed by atoms with van der Waals surface area (Å²) in [6, 6.07) is 11.2. The third-order valence-electron chi connectivity index (χ3n) is 4.33. The first-order valence-electron chi connectivity index (χ1n) is 7.94.